The average molecular weight is 257 g/mol. The van der Waals surface area contributed by atoms with Crippen LogP contribution in [-0.2, 0) is 18.4 Å². The van der Waals surface area contributed by atoms with Gasteiger partial charge in [0.2, 0.25) is 5.91 Å². The summed E-state index contributed by atoms with van der Waals surface area (Å²) < 4.78 is 1.80. The Morgan fingerprint density at radius 3 is 2.82 bits per heavy atom. The number of imidazole rings is 1. The van der Waals surface area contributed by atoms with Gasteiger partial charge in [-0.2, -0.15) is 0 Å². The standard InChI is InChI=1S/C11H17ClN4O/c1-15-9(12)6-14-10(15)7-13-8-11(17)16-4-2-3-5-16/h6,13H,2-5,7-8H2,1H3. The highest BCUT2D eigenvalue weighted by Crippen LogP contribution is 2.09. The predicted octanol–water partition coefficient (Wildman–Crippen LogP) is 0.785. The molecule has 6 heteroatoms. The van der Waals surface area contributed by atoms with Crippen molar-refractivity contribution < 1.29 is 4.79 Å². The number of nitrogens with zero attached hydrogens (tertiary/aromatic N) is 3. The van der Waals surface area contributed by atoms with Gasteiger partial charge in [0, 0.05) is 20.1 Å². The minimum Gasteiger partial charge on any atom is -0.342 e. The van der Waals surface area contributed by atoms with Gasteiger partial charge in [-0.25, -0.2) is 4.98 Å². The smallest absolute Gasteiger partial charge is 0.236 e. The molecule has 2 heterocycles. The van der Waals surface area contributed by atoms with Gasteiger partial charge >= 0.3 is 0 Å². The van der Waals surface area contributed by atoms with Crippen molar-refractivity contribution in [3.8, 4) is 0 Å². The van der Waals surface area contributed by atoms with E-state index in [0.717, 1.165) is 31.8 Å². The van der Waals surface area contributed by atoms with Gasteiger partial charge in [0.25, 0.3) is 0 Å². The second-order valence-corrected chi connectivity index (χ2v) is 4.63. The third-order valence-electron chi connectivity index (χ3n) is 3.05. The Labute approximate surface area is 106 Å². The molecular weight excluding hydrogens is 240 g/mol. The highest BCUT2D eigenvalue weighted by Gasteiger charge is 2.17. The number of carbonyl (C=O) groups is 1. The number of likely N-dealkylation sites (tertiary alicyclic amines) is 1. The van der Waals surface area contributed by atoms with Crippen LogP contribution in [0.3, 0.4) is 0 Å². The summed E-state index contributed by atoms with van der Waals surface area (Å²) in [5.41, 5.74) is 0. The zero-order valence-corrected chi connectivity index (χ0v) is 10.7. The maximum atomic E-state index is 11.7. The molecule has 0 saturated carbocycles. The van der Waals surface area contributed by atoms with E-state index < -0.39 is 0 Å². The molecule has 0 radical (unpaired) electrons. The first-order chi connectivity index (χ1) is 8.18. The van der Waals surface area contributed by atoms with Crippen LogP contribution in [0.2, 0.25) is 5.15 Å². The number of nitrogens with one attached hydrogen (secondary N) is 1. The summed E-state index contributed by atoms with van der Waals surface area (Å²) in [5.74, 6) is 1.01. The summed E-state index contributed by atoms with van der Waals surface area (Å²) in [6, 6.07) is 0. The molecule has 1 aliphatic rings. The number of rotatable bonds is 4. The Morgan fingerprint density at radius 2 is 2.24 bits per heavy atom. The van der Waals surface area contributed by atoms with Gasteiger partial charge < -0.3 is 14.8 Å². The van der Waals surface area contributed by atoms with Crippen LogP contribution in [0.5, 0.6) is 0 Å². The molecule has 1 aromatic rings. The minimum absolute atomic E-state index is 0.169. The fourth-order valence-electron chi connectivity index (χ4n) is 1.95. The van der Waals surface area contributed by atoms with Crippen molar-refractivity contribution >= 4 is 17.5 Å². The van der Waals surface area contributed by atoms with E-state index in [4.69, 9.17) is 11.6 Å². The number of amides is 1. The zero-order chi connectivity index (χ0) is 12.3. The van der Waals surface area contributed by atoms with Gasteiger partial charge in [-0.15, -0.1) is 0 Å². The van der Waals surface area contributed by atoms with Crippen LogP contribution in [0.4, 0.5) is 0 Å². The fourth-order valence-corrected chi connectivity index (χ4v) is 2.09. The quantitative estimate of drug-likeness (QED) is 0.867. The summed E-state index contributed by atoms with van der Waals surface area (Å²) in [7, 11) is 1.86. The maximum absolute atomic E-state index is 11.7. The molecular formula is C11H17ClN4O. The lowest BCUT2D eigenvalue weighted by molar-refractivity contribution is -0.129. The van der Waals surface area contributed by atoms with Gasteiger partial charge in [0.05, 0.1) is 19.3 Å². The van der Waals surface area contributed by atoms with E-state index in [9.17, 15) is 4.79 Å². The van der Waals surface area contributed by atoms with Gasteiger partial charge in [-0.1, -0.05) is 11.6 Å². The molecule has 1 aromatic heterocycles. The molecule has 0 aliphatic carbocycles. The Kier molecular flexibility index (Phi) is 4.02. The highest BCUT2D eigenvalue weighted by atomic mass is 35.5. The first-order valence-corrected chi connectivity index (χ1v) is 6.21. The van der Waals surface area contributed by atoms with Gasteiger partial charge in [0.15, 0.2) is 0 Å². The van der Waals surface area contributed by atoms with Gasteiger partial charge in [-0.3, -0.25) is 4.79 Å². The van der Waals surface area contributed by atoms with Gasteiger partial charge in [0.1, 0.15) is 11.0 Å². The molecule has 1 saturated heterocycles. The van der Waals surface area contributed by atoms with Crippen molar-refractivity contribution in [1.82, 2.24) is 19.8 Å². The van der Waals surface area contributed by atoms with Crippen molar-refractivity contribution in [2.45, 2.75) is 19.4 Å². The lowest BCUT2D eigenvalue weighted by Crippen LogP contribution is -2.36. The summed E-state index contributed by atoms with van der Waals surface area (Å²) in [6.07, 6.45) is 3.86. The monoisotopic (exact) mass is 256 g/mol. The van der Waals surface area contributed by atoms with Crippen LogP contribution >= 0.6 is 11.6 Å². The first-order valence-electron chi connectivity index (χ1n) is 5.83. The Morgan fingerprint density at radius 1 is 1.53 bits per heavy atom. The molecule has 1 amide bonds. The first kappa shape index (κ1) is 12.4. The van der Waals surface area contributed by atoms with E-state index in [1.54, 1.807) is 10.8 Å². The van der Waals surface area contributed by atoms with Crippen LogP contribution in [0.25, 0.3) is 0 Å². The largest absolute Gasteiger partial charge is 0.342 e. The molecule has 0 aromatic carbocycles. The van der Waals surface area contributed by atoms with Crippen molar-refractivity contribution in [2.75, 3.05) is 19.6 Å². The maximum Gasteiger partial charge on any atom is 0.236 e. The Balaban J connectivity index is 1.75. The molecule has 1 fully saturated rings. The molecule has 1 aliphatic heterocycles. The number of aromatic nitrogens is 2. The molecule has 17 heavy (non-hydrogen) atoms. The second-order valence-electron chi connectivity index (χ2n) is 4.25. The fraction of sp³-hybridized carbons (Fsp3) is 0.636. The molecule has 94 valence electrons. The molecule has 1 N–H and O–H groups in total. The van der Waals surface area contributed by atoms with Gasteiger partial charge in [-0.05, 0) is 12.8 Å². The lowest BCUT2D eigenvalue weighted by Gasteiger charge is -2.15. The minimum atomic E-state index is 0.169. The second kappa shape index (κ2) is 5.51. The molecule has 0 atom stereocenters. The SMILES string of the molecule is Cn1c(Cl)cnc1CNCC(=O)N1CCCC1. The van der Waals surface area contributed by atoms with Crippen molar-refractivity contribution in [2.24, 2.45) is 7.05 Å². The Bertz CT molecular complexity index is 398. The third-order valence-corrected chi connectivity index (χ3v) is 3.40. The summed E-state index contributed by atoms with van der Waals surface area (Å²) in [6.45, 7) is 2.72. The lowest BCUT2D eigenvalue weighted by atomic mass is 10.4. The normalized spacial score (nSPS) is 15.5. The number of hydrogen-bond acceptors (Lipinski definition) is 3. The predicted molar refractivity (Wildman–Crippen MR) is 65.7 cm³/mol. The van der Waals surface area contributed by atoms with E-state index in [2.05, 4.69) is 10.3 Å². The van der Waals surface area contributed by atoms with Crippen LogP contribution < -0.4 is 5.32 Å². The third kappa shape index (κ3) is 2.98. The summed E-state index contributed by atoms with van der Waals surface area (Å²) >= 11 is 5.87. The molecule has 5 nitrogen and oxygen atoms in total. The van der Waals surface area contributed by atoms with Crippen LogP contribution in [-0.4, -0.2) is 40.0 Å². The van der Waals surface area contributed by atoms with Crippen LogP contribution in [0.15, 0.2) is 6.20 Å². The molecule has 0 spiro atoms. The van der Waals surface area contributed by atoms with Crippen molar-refractivity contribution in [3.63, 3.8) is 0 Å². The molecule has 0 unspecified atom stereocenters. The van der Waals surface area contributed by atoms with E-state index >= 15 is 0 Å². The highest BCUT2D eigenvalue weighted by molar-refractivity contribution is 6.29. The number of carbonyl (C=O) groups excluding carboxylic acids is 1. The molecule has 2 rings (SSSR count). The van der Waals surface area contributed by atoms with E-state index in [-0.39, 0.29) is 5.91 Å². The molecule has 0 bridgehead atoms. The Hall–Kier alpha value is -1.07. The van der Waals surface area contributed by atoms with E-state index in [1.165, 1.54) is 0 Å². The van der Waals surface area contributed by atoms with Crippen LogP contribution in [0.1, 0.15) is 18.7 Å². The van der Waals surface area contributed by atoms with Crippen molar-refractivity contribution in [1.29, 1.82) is 0 Å². The summed E-state index contributed by atoms with van der Waals surface area (Å²) in [4.78, 5) is 17.8. The number of hydrogen-bond donors (Lipinski definition) is 1. The topological polar surface area (TPSA) is 50.2 Å². The van der Waals surface area contributed by atoms with E-state index in [1.807, 2.05) is 11.9 Å². The average Bonchev–Trinajstić information content (AvgIpc) is 2.93. The van der Waals surface area contributed by atoms with Crippen molar-refractivity contribution in [3.05, 3.63) is 17.2 Å². The summed E-state index contributed by atoms with van der Waals surface area (Å²) in [5, 5.41) is 3.70. The number of halogens is 1. The van der Waals surface area contributed by atoms with E-state index in [0.29, 0.717) is 18.2 Å². The zero-order valence-electron chi connectivity index (χ0n) is 9.95. The van der Waals surface area contributed by atoms with Crippen LogP contribution in [0, 0.1) is 0 Å².